The number of hydrogen-bond acceptors (Lipinski definition) is 7. The highest BCUT2D eigenvalue weighted by Crippen LogP contribution is 2.25. The number of carbonyl (C=O) groups is 1. The number of carbonyl (C=O) groups excluding carboxylic acids is 1. The SMILES string of the molecule is CCOc1ccc(-c2nc(COC(=O)c3nnn(-c4cccc(Cl)c4)c3C)c(C)o2)cc1. The van der Waals surface area contributed by atoms with E-state index >= 15 is 0 Å². The molecule has 0 aliphatic heterocycles. The van der Waals surface area contributed by atoms with E-state index < -0.39 is 5.97 Å². The zero-order chi connectivity index (χ0) is 22.7. The summed E-state index contributed by atoms with van der Waals surface area (Å²) >= 11 is 6.04. The van der Waals surface area contributed by atoms with Crippen LogP contribution in [-0.4, -0.2) is 32.6 Å². The summed E-state index contributed by atoms with van der Waals surface area (Å²) in [6.45, 7) is 5.99. The van der Waals surface area contributed by atoms with Gasteiger partial charge in [-0.05, 0) is 63.2 Å². The van der Waals surface area contributed by atoms with Crippen LogP contribution in [0.1, 0.15) is 34.6 Å². The molecule has 32 heavy (non-hydrogen) atoms. The van der Waals surface area contributed by atoms with Crippen molar-refractivity contribution in [3.8, 4) is 22.9 Å². The van der Waals surface area contributed by atoms with Crippen LogP contribution in [0.4, 0.5) is 0 Å². The van der Waals surface area contributed by atoms with Gasteiger partial charge in [0.15, 0.2) is 5.69 Å². The van der Waals surface area contributed by atoms with Crippen molar-refractivity contribution in [2.45, 2.75) is 27.4 Å². The minimum atomic E-state index is -0.596. The average molecular weight is 453 g/mol. The van der Waals surface area contributed by atoms with Gasteiger partial charge in [-0.25, -0.2) is 14.5 Å². The highest BCUT2D eigenvalue weighted by molar-refractivity contribution is 6.30. The number of esters is 1. The highest BCUT2D eigenvalue weighted by Gasteiger charge is 2.20. The number of aromatic nitrogens is 4. The molecule has 4 rings (SSSR count). The Bertz CT molecular complexity index is 1250. The van der Waals surface area contributed by atoms with Crippen LogP contribution >= 0.6 is 11.6 Å². The number of oxazole rings is 1. The monoisotopic (exact) mass is 452 g/mol. The molecule has 0 radical (unpaired) electrons. The van der Waals surface area contributed by atoms with Crippen molar-refractivity contribution < 1.29 is 18.7 Å². The van der Waals surface area contributed by atoms with E-state index in [1.807, 2.05) is 37.3 Å². The molecule has 2 heterocycles. The zero-order valence-corrected chi connectivity index (χ0v) is 18.6. The highest BCUT2D eigenvalue weighted by atomic mass is 35.5. The summed E-state index contributed by atoms with van der Waals surface area (Å²) in [4.78, 5) is 17.1. The molecule has 0 unspecified atom stereocenters. The molecule has 8 nitrogen and oxygen atoms in total. The maximum absolute atomic E-state index is 12.6. The first-order valence-corrected chi connectivity index (χ1v) is 10.4. The van der Waals surface area contributed by atoms with E-state index in [0.29, 0.717) is 40.4 Å². The van der Waals surface area contributed by atoms with Crippen LogP contribution in [0.25, 0.3) is 17.1 Å². The fraction of sp³-hybridized carbons (Fsp3) is 0.217. The predicted molar refractivity (Wildman–Crippen MR) is 118 cm³/mol. The minimum absolute atomic E-state index is 0.0470. The molecule has 4 aromatic rings. The van der Waals surface area contributed by atoms with Crippen molar-refractivity contribution in [2.75, 3.05) is 6.61 Å². The third kappa shape index (κ3) is 4.50. The molecule has 164 valence electrons. The predicted octanol–water partition coefficient (Wildman–Crippen LogP) is 4.95. The molecule has 0 saturated carbocycles. The molecule has 0 atom stereocenters. The Kier molecular flexibility index (Phi) is 6.23. The topological polar surface area (TPSA) is 92.3 Å². The summed E-state index contributed by atoms with van der Waals surface area (Å²) in [7, 11) is 0. The molecule has 0 aliphatic rings. The Morgan fingerprint density at radius 2 is 1.94 bits per heavy atom. The van der Waals surface area contributed by atoms with Crippen LogP contribution in [-0.2, 0) is 11.3 Å². The van der Waals surface area contributed by atoms with Gasteiger partial charge in [0.05, 0.1) is 18.0 Å². The van der Waals surface area contributed by atoms with Gasteiger partial charge in [0.1, 0.15) is 23.8 Å². The van der Waals surface area contributed by atoms with Crippen LogP contribution in [0.3, 0.4) is 0 Å². The standard InChI is InChI=1S/C23H21ClN4O4/c1-4-30-19-10-8-16(9-11-19)22-25-20(15(3)32-22)13-31-23(29)21-14(2)28(27-26-21)18-7-5-6-17(24)12-18/h5-12H,4,13H2,1-3H3. The van der Waals surface area contributed by atoms with E-state index in [9.17, 15) is 4.79 Å². The van der Waals surface area contributed by atoms with Crippen molar-refractivity contribution in [1.29, 1.82) is 0 Å². The van der Waals surface area contributed by atoms with Gasteiger partial charge in [0.2, 0.25) is 5.89 Å². The molecule has 0 amide bonds. The Labute approximate surface area is 189 Å². The van der Waals surface area contributed by atoms with Crippen LogP contribution in [0.5, 0.6) is 5.75 Å². The van der Waals surface area contributed by atoms with Gasteiger partial charge < -0.3 is 13.9 Å². The maximum Gasteiger partial charge on any atom is 0.361 e. The van der Waals surface area contributed by atoms with Gasteiger partial charge in [-0.3, -0.25) is 0 Å². The molecule has 0 spiro atoms. The summed E-state index contributed by atoms with van der Waals surface area (Å²) < 4.78 is 18.2. The number of rotatable bonds is 7. The summed E-state index contributed by atoms with van der Waals surface area (Å²) in [5, 5.41) is 8.58. The zero-order valence-electron chi connectivity index (χ0n) is 17.8. The molecule has 0 N–H and O–H groups in total. The third-order valence-electron chi connectivity index (χ3n) is 4.79. The Balaban J connectivity index is 1.46. The maximum atomic E-state index is 12.6. The Morgan fingerprint density at radius 3 is 2.66 bits per heavy atom. The summed E-state index contributed by atoms with van der Waals surface area (Å²) in [6.07, 6.45) is 0. The Hall–Kier alpha value is -3.65. The number of benzene rings is 2. The second-order valence-electron chi connectivity index (χ2n) is 6.97. The lowest BCUT2D eigenvalue weighted by atomic mass is 10.2. The van der Waals surface area contributed by atoms with Crippen LogP contribution in [0.2, 0.25) is 5.02 Å². The van der Waals surface area contributed by atoms with E-state index in [1.54, 1.807) is 32.0 Å². The van der Waals surface area contributed by atoms with Gasteiger partial charge in [0, 0.05) is 10.6 Å². The Morgan fingerprint density at radius 1 is 1.16 bits per heavy atom. The first-order chi connectivity index (χ1) is 15.5. The lowest BCUT2D eigenvalue weighted by Gasteiger charge is -2.04. The molecule has 2 aromatic heterocycles. The largest absolute Gasteiger partial charge is 0.494 e. The third-order valence-corrected chi connectivity index (χ3v) is 5.02. The number of hydrogen-bond donors (Lipinski definition) is 0. The van der Waals surface area contributed by atoms with Crippen molar-refractivity contribution in [1.82, 2.24) is 20.0 Å². The first kappa shape index (κ1) is 21.6. The van der Waals surface area contributed by atoms with E-state index in [4.69, 9.17) is 25.5 Å². The van der Waals surface area contributed by atoms with Crippen LogP contribution in [0, 0.1) is 13.8 Å². The van der Waals surface area contributed by atoms with Gasteiger partial charge in [-0.2, -0.15) is 0 Å². The van der Waals surface area contributed by atoms with Crippen LogP contribution in [0.15, 0.2) is 52.9 Å². The van der Waals surface area contributed by atoms with Crippen LogP contribution < -0.4 is 4.74 Å². The lowest BCUT2D eigenvalue weighted by molar-refractivity contribution is 0.0459. The molecule has 9 heteroatoms. The minimum Gasteiger partial charge on any atom is -0.494 e. The second-order valence-corrected chi connectivity index (χ2v) is 7.41. The molecule has 0 saturated heterocycles. The second kappa shape index (κ2) is 9.23. The lowest BCUT2D eigenvalue weighted by Crippen LogP contribution is -2.09. The van der Waals surface area contributed by atoms with Gasteiger partial charge in [-0.1, -0.05) is 22.9 Å². The molecular formula is C23H21ClN4O4. The molecule has 0 fully saturated rings. The summed E-state index contributed by atoms with van der Waals surface area (Å²) in [5.74, 6) is 1.19. The van der Waals surface area contributed by atoms with Gasteiger partial charge in [-0.15, -0.1) is 5.10 Å². The van der Waals surface area contributed by atoms with Crippen molar-refractivity contribution in [3.63, 3.8) is 0 Å². The van der Waals surface area contributed by atoms with Crippen molar-refractivity contribution in [3.05, 3.63) is 76.4 Å². The van der Waals surface area contributed by atoms with E-state index in [-0.39, 0.29) is 12.3 Å². The quantitative estimate of drug-likeness (QED) is 0.366. The molecule has 0 aliphatic carbocycles. The fourth-order valence-electron chi connectivity index (χ4n) is 3.12. The normalized spacial score (nSPS) is 10.9. The number of halogens is 1. The van der Waals surface area contributed by atoms with Crippen molar-refractivity contribution in [2.24, 2.45) is 0 Å². The fourth-order valence-corrected chi connectivity index (χ4v) is 3.30. The molecule has 0 bridgehead atoms. The number of ether oxygens (including phenoxy) is 2. The van der Waals surface area contributed by atoms with Crippen molar-refractivity contribution >= 4 is 17.6 Å². The smallest absolute Gasteiger partial charge is 0.361 e. The molecule has 2 aromatic carbocycles. The summed E-state index contributed by atoms with van der Waals surface area (Å²) in [6, 6.07) is 14.5. The van der Waals surface area contributed by atoms with E-state index in [0.717, 1.165) is 11.3 Å². The summed E-state index contributed by atoms with van der Waals surface area (Å²) in [5.41, 5.74) is 2.70. The number of aryl methyl sites for hydroxylation is 1. The number of nitrogens with zero attached hydrogens (tertiary/aromatic N) is 4. The van der Waals surface area contributed by atoms with E-state index in [1.165, 1.54) is 4.68 Å². The van der Waals surface area contributed by atoms with E-state index in [2.05, 4.69) is 15.3 Å². The molecular weight excluding hydrogens is 432 g/mol. The average Bonchev–Trinajstić information content (AvgIpc) is 3.35. The van der Waals surface area contributed by atoms with Gasteiger partial charge in [0.25, 0.3) is 0 Å². The first-order valence-electron chi connectivity index (χ1n) is 10.0. The van der Waals surface area contributed by atoms with Gasteiger partial charge >= 0.3 is 5.97 Å².